The molecular weight excluding hydrogens is 348 g/mol. The van der Waals surface area contributed by atoms with E-state index in [-0.39, 0.29) is 24.4 Å². The quantitative estimate of drug-likeness (QED) is 0.599. The fourth-order valence-corrected chi connectivity index (χ4v) is 2.17. The number of carbonyl (C=O) groups is 3. The van der Waals surface area contributed by atoms with E-state index in [9.17, 15) is 14.4 Å². The summed E-state index contributed by atoms with van der Waals surface area (Å²) in [6.07, 6.45) is 0. The molecule has 2 rings (SSSR count). The fourth-order valence-electron chi connectivity index (χ4n) is 2.17. The fraction of sp³-hybridized carbons (Fsp3) is 0.211. The summed E-state index contributed by atoms with van der Waals surface area (Å²) in [6, 6.07) is 13.0. The number of amides is 4. The number of urea groups is 1. The third-order valence-electron chi connectivity index (χ3n) is 3.49. The van der Waals surface area contributed by atoms with Gasteiger partial charge >= 0.3 is 6.03 Å². The number of rotatable bonds is 7. The molecule has 4 N–H and O–H groups in total. The van der Waals surface area contributed by atoms with E-state index in [1.54, 1.807) is 48.5 Å². The van der Waals surface area contributed by atoms with Gasteiger partial charge in [0, 0.05) is 24.0 Å². The molecule has 2 aromatic carbocycles. The molecule has 27 heavy (non-hydrogen) atoms. The predicted molar refractivity (Wildman–Crippen MR) is 103 cm³/mol. The first-order valence-electron chi connectivity index (χ1n) is 8.41. The normalized spacial score (nSPS) is 9.85. The molecule has 0 heterocycles. The van der Waals surface area contributed by atoms with Gasteiger partial charge in [-0.25, -0.2) is 4.79 Å². The van der Waals surface area contributed by atoms with Crippen molar-refractivity contribution in [3.05, 3.63) is 54.1 Å². The Morgan fingerprint density at radius 1 is 0.889 bits per heavy atom. The van der Waals surface area contributed by atoms with E-state index in [0.717, 1.165) is 0 Å². The van der Waals surface area contributed by atoms with Gasteiger partial charge in [-0.1, -0.05) is 0 Å². The minimum Gasteiger partial charge on any atom is -0.494 e. The Hall–Kier alpha value is -3.55. The molecule has 0 bridgehead atoms. The highest BCUT2D eigenvalue weighted by Crippen LogP contribution is 2.14. The number of hydrogen-bond acceptors (Lipinski definition) is 4. The Bertz CT molecular complexity index is 788. The molecule has 142 valence electrons. The summed E-state index contributed by atoms with van der Waals surface area (Å²) in [6.45, 7) is 2.27. The van der Waals surface area contributed by atoms with Crippen LogP contribution in [0.3, 0.4) is 0 Å². The summed E-state index contributed by atoms with van der Waals surface area (Å²) in [5, 5.41) is 10.3. The van der Waals surface area contributed by atoms with Gasteiger partial charge in [0.15, 0.2) is 0 Å². The van der Waals surface area contributed by atoms with Gasteiger partial charge in [0.05, 0.1) is 13.2 Å². The molecule has 2 aromatic rings. The molecule has 8 heteroatoms. The van der Waals surface area contributed by atoms with E-state index in [2.05, 4.69) is 21.3 Å². The summed E-state index contributed by atoms with van der Waals surface area (Å²) in [5.41, 5.74) is 1.59. The van der Waals surface area contributed by atoms with Crippen LogP contribution in [0.1, 0.15) is 17.3 Å². The Labute approximate surface area is 157 Å². The number of carbonyl (C=O) groups excluding carboxylic acids is 3. The molecule has 0 aliphatic carbocycles. The molecule has 0 aliphatic heterocycles. The molecule has 0 saturated carbocycles. The summed E-state index contributed by atoms with van der Waals surface area (Å²) in [7, 11) is 1.52. The highest BCUT2D eigenvalue weighted by Gasteiger charge is 2.09. The maximum atomic E-state index is 12.1. The monoisotopic (exact) mass is 370 g/mol. The maximum Gasteiger partial charge on any atom is 0.318 e. The summed E-state index contributed by atoms with van der Waals surface area (Å²) >= 11 is 0. The zero-order chi connectivity index (χ0) is 19.6. The zero-order valence-electron chi connectivity index (χ0n) is 15.2. The maximum absolute atomic E-state index is 12.1. The van der Waals surface area contributed by atoms with Gasteiger partial charge in [0.25, 0.3) is 5.91 Å². The second kappa shape index (κ2) is 9.81. The number of benzene rings is 2. The van der Waals surface area contributed by atoms with Crippen molar-refractivity contribution in [1.82, 2.24) is 10.6 Å². The Kier molecular flexibility index (Phi) is 7.18. The van der Waals surface area contributed by atoms with Gasteiger partial charge in [-0.2, -0.15) is 0 Å². The van der Waals surface area contributed by atoms with Crippen molar-refractivity contribution in [1.29, 1.82) is 0 Å². The van der Waals surface area contributed by atoms with Gasteiger partial charge in [0.2, 0.25) is 5.91 Å². The van der Waals surface area contributed by atoms with Gasteiger partial charge < -0.3 is 26.0 Å². The van der Waals surface area contributed by atoms with Gasteiger partial charge in [-0.15, -0.1) is 0 Å². The van der Waals surface area contributed by atoms with Crippen molar-refractivity contribution >= 4 is 29.2 Å². The van der Waals surface area contributed by atoms with Crippen LogP contribution < -0.4 is 26.0 Å². The van der Waals surface area contributed by atoms with Crippen molar-refractivity contribution in [3.63, 3.8) is 0 Å². The Balaban J connectivity index is 1.81. The van der Waals surface area contributed by atoms with Crippen LogP contribution in [0.25, 0.3) is 0 Å². The van der Waals surface area contributed by atoms with Crippen LogP contribution in [0, 0.1) is 0 Å². The molecule has 8 nitrogen and oxygen atoms in total. The van der Waals surface area contributed by atoms with Crippen molar-refractivity contribution in [2.45, 2.75) is 6.92 Å². The van der Waals surface area contributed by atoms with Crippen molar-refractivity contribution in [3.8, 4) is 5.75 Å². The lowest BCUT2D eigenvalue weighted by Gasteiger charge is -2.09. The Morgan fingerprint density at radius 3 is 2.04 bits per heavy atom. The van der Waals surface area contributed by atoms with Gasteiger partial charge in [0.1, 0.15) is 5.75 Å². The summed E-state index contributed by atoms with van der Waals surface area (Å²) in [4.78, 5) is 35.3. The minimum absolute atomic E-state index is 0.162. The third kappa shape index (κ3) is 6.35. The van der Waals surface area contributed by atoms with Crippen molar-refractivity contribution in [2.24, 2.45) is 0 Å². The summed E-state index contributed by atoms with van der Waals surface area (Å²) < 4.78 is 5.32. The third-order valence-corrected chi connectivity index (χ3v) is 3.49. The van der Waals surface area contributed by atoms with Crippen LogP contribution in [0.5, 0.6) is 5.75 Å². The van der Waals surface area contributed by atoms with Crippen LogP contribution in [-0.4, -0.2) is 38.0 Å². The van der Waals surface area contributed by atoms with Crippen LogP contribution in [-0.2, 0) is 4.79 Å². The van der Waals surface area contributed by atoms with Crippen LogP contribution in [0.15, 0.2) is 48.5 Å². The molecule has 0 aromatic heterocycles. The molecule has 4 amide bonds. The second-order valence-electron chi connectivity index (χ2n) is 5.47. The lowest BCUT2D eigenvalue weighted by Crippen LogP contribution is -2.32. The number of anilines is 2. The predicted octanol–water partition coefficient (Wildman–Crippen LogP) is 2.21. The molecular formula is C19H22N4O4. The SMILES string of the molecule is CCOc1ccc(C(=O)NCC(=O)Nc2ccc(NC(=O)NC)cc2)cc1. The van der Waals surface area contributed by atoms with Crippen molar-refractivity contribution in [2.75, 3.05) is 30.8 Å². The molecule has 0 spiro atoms. The van der Waals surface area contributed by atoms with Crippen LogP contribution in [0.2, 0.25) is 0 Å². The summed E-state index contributed by atoms with van der Waals surface area (Å²) in [5.74, 6) is -0.0271. The smallest absolute Gasteiger partial charge is 0.318 e. The van der Waals surface area contributed by atoms with Gasteiger partial charge in [-0.05, 0) is 55.5 Å². The molecule has 0 unspecified atom stereocenters. The van der Waals surface area contributed by atoms with Gasteiger partial charge in [-0.3, -0.25) is 9.59 Å². The first-order chi connectivity index (χ1) is 13.0. The van der Waals surface area contributed by atoms with E-state index in [0.29, 0.717) is 29.3 Å². The highest BCUT2D eigenvalue weighted by atomic mass is 16.5. The largest absolute Gasteiger partial charge is 0.494 e. The van der Waals surface area contributed by atoms with Crippen LogP contribution >= 0.6 is 0 Å². The molecule has 0 atom stereocenters. The molecule has 0 aliphatic rings. The van der Waals surface area contributed by atoms with E-state index in [4.69, 9.17) is 4.74 Å². The Morgan fingerprint density at radius 2 is 1.48 bits per heavy atom. The molecule has 0 radical (unpaired) electrons. The van der Waals surface area contributed by atoms with E-state index < -0.39 is 0 Å². The highest BCUT2D eigenvalue weighted by molar-refractivity contribution is 5.99. The first-order valence-corrected chi connectivity index (χ1v) is 8.41. The van der Waals surface area contributed by atoms with Crippen molar-refractivity contribution < 1.29 is 19.1 Å². The average Bonchev–Trinajstić information content (AvgIpc) is 2.68. The van der Waals surface area contributed by atoms with Crippen LogP contribution in [0.4, 0.5) is 16.2 Å². The van der Waals surface area contributed by atoms with E-state index >= 15 is 0 Å². The number of hydrogen-bond donors (Lipinski definition) is 4. The second-order valence-corrected chi connectivity index (χ2v) is 5.47. The zero-order valence-corrected chi connectivity index (χ0v) is 15.2. The first kappa shape index (κ1) is 19.8. The number of nitrogens with one attached hydrogen (secondary N) is 4. The lowest BCUT2D eigenvalue weighted by atomic mass is 10.2. The van der Waals surface area contributed by atoms with E-state index in [1.165, 1.54) is 7.05 Å². The number of ether oxygens (including phenoxy) is 1. The van der Waals surface area contributed by atoms with E-state index in [1.807, 2.05) is 6.92 Å². The standard InChI is InChI=1S/C19H22N4O4/c1-3-27-16-10-4-13(5-11-16)18(25)21-12-17(24)22-14-6-8-15(9-7-14)23-19(26)20-2/h4-11H,3,12H2,1-2H3,(H,21,25)(H,22,24)(H2,20,23,26). The molecule has 0 fully saturated rings. The topological polar surface area (TPSA) is 109 Å². The average molecular weight is 370 g/mol. The minimum atomic E-state index is -0.360. The molecule has 0 saturated heterocycles. The lowest BCUT2D eigenvalue weighted by molar-refractivity contribution is -0.115.